The molecule has 12 heteroatoms. The first-order valence-corrected chi connectivity index (χ1v) is 10.4. The summed E-state index contributed by atoms with van der Waals surface area (Å²) < 4.78 is 35.6. The molecule has 9 nitrogen and oxygen atoms in total. The number of rotatable bonds is 6. The highest BCUT2D eigenvalue weighted by molar-refractivity contribution is 8.26. The number of carbonyl (C=O) groups excluding carboxylic acids is 1. The molecule has 0 aromatic heterocycles. The molecule has 0 unspecified atom stereocenters. The highest BCUT2D eigenvalue weighted by Crippen LogP contribution is 2.33. The third-order valence-electron chi connectivity index (χ3n) is 3.66. The van der Waals surface area contributed by atoms with Gasteiger partial charge in [0.25, 0.3) is 11.6 Å². The second-order valence-corrected chi connectivity index (χ2v) is 8.82. The lowest BCUT2D eigenvalue weighted by molar-refractivity contribution is -0.384. The van der Waals surface area contributed by atoms with E-state index < -0.39 is 15.0 Å². The van der Waals surface area contributed by atoms with Gasteiger partial charge in [0.05, 0.1) is 16.9 Å². The molecular formula is C17H12N2O7S3. The number of nitro groups is 1. The van der Waals surface area contributed by atoms with Gasteiger partial charge < -0.3 is 14.2 Å². The number of benzene rings is 2. The van der Waals surface area contributed by atoms with E-state index in [2.05, 4.69) is 5.32 Å². The summed E-state index contributed by atoms with van der Waals surface area (Å²) in [6.07, 6.45) is 1.58. The van der Waals surface area contributed by atoms with Gasteiger partial charge in [-0.15, -0.1) is 0 Å². The number of nitrogens with zero attached hydrogens (tertiary/aromatic N) is 1. The average Bonchev–Trinajstić information content (AvgIpc) is 2.99. The van der Waals surface area contributed by atoms with Crippen molar-refractivity contribution in [3.05, 3.63) is 63.0 Å². The SMILES string of the molecule is COc1cc(/C=C2\SC(=S)NC2=O)ccc1OS(=O)(=O)c1ccc([N+](=O)[O-])cc1. The van der Waals surface area contributed by atoms with Crippen molar-refractivity contribution in [2.45, 2.75) is 4.90 Å². The number of thiocarbonyl (C=S) groups is 1. The first-order chi connectivity index (χ1) is 13.7. The lowest BCUT2D eigenvalue weighted by Gasteiger charge is -2.11. The van der Waals surface area contributed by atoms with Crippen LogP contribution in [0.15, 0.2) is 52.3 Å². The summed E-state index contributed by atoms with van der Waals surface area (Å²) in [6.45, 7) is 0. The number of ether oxygens (including phenoxy) is 1. The second-order valence-electron chi connectivity index (χ2n) is 5.55. The van der Waals surface area contributed by atoms with Gasteiger partial charge >= 0.3 is 10.1 Å². The van der Waals surface area contributed by atoms with Gasteiger partial charge in [0.15, 0.2) is 11.5 Å². The van der Waals surface area contributed by atoms with Crippen LogP contribution in [-0.4, -0.2) is 30.7 Å². The summed E-state index contributed by atoms with van der Waals surface area (Å²) >= 11 is 6.04. The summed E-state index contributed by atoms with van der Waals surface area (Å²) in [4.78, 5) is 22.0. The minimum Gasteiger partial charge on any atom is -0.493 e. The van der Waals surface area contributed by atoms with Crippen LogP contribution >= 0.6 is 24.0 Å². The average molecular weight is 452 g/mol. The fraction of sp³-hybridized carbons (Fsp3) is 0.0588. The van der Waals surface area contributed by atoms with Gasteiger partial charge in [0.2, 0.25) is 0 Å². The van der Waals surface area contributed by atoms with Crippen LogP contribution in [0.4, 0.5) is 5.69 Å². The first kappa shape index (κ1) is 20.8. The Morgan fingerprint density at radius 3 is 2.41 bits per heavy atom. The number of nitrogens with one attached hydrogen (secondary N) is 1. The van der Waals surface area contributed by atoms with Gasteiger partial charge in [0, 0.05) is 12.1 Å². The number of nitro benzene ring substituents is 1. The molecule has 0 atom stereocenters. The van der Waals surface area contributed by atoms with E-state index in [1.54, 1.807) is 12.1 Å². The molecule has 1 N–H and O–H groups in total. The summed E-state index contributed by atoms with van der Waals surface area (Å²) in [5.41, 5.74) is 0.330. The molecule has 0 bridgehead atoms. The van der Waals surface area contributed by atoms with Crippen LogP contribution in [0, 0.1) is 10.1 Å². The minimum atomic E-state index is -4.24. The van der Waals surface area contributed by atoms with Crippen molar-refractivity contribution < 1.29 is 27.1 Å². The molecule has 0 saturated carbocycles. The molecule has 29 heavy (non-hydrogen) atoms. The van der Waals surface area contributed by atoms with Crippen LogP contribution in [-0.2, 0) is 14.9 Å². The van der Waals surface area contributed by atoms with Crippen LogP contribution in [0.25, 0.3) is 6.08 Å². The Kier molecular flexibility index (Phi) is 5.86. The highest BCUT2D eigenvalue weighted by atomic mass is 32.2. The maximum absolute atomic E-state index is 12.5. The van der Waals surface area contributed by atoms with Crippen LogP contribution in [0.1, 0.15) is 5.56 Å². The van der Waals surface area contributed by atoms with E-state index >= 15 is 0 Å². The van der Waals surface area contributed by atoms with Gasteiger partial charge in [0.1, 0.15) is 9.22 Å². The van der Waals surface area contributed by atoms with Crippen LogP contribution in [0.5, 0.6) is 11.5 Å². The number of hydrogen-bond acceptors (Lipinski definition) is 9. The van der Waals surface area contributed by atoms with E-state index in [4.69, 9.17) is 21.1 Å². The Balaban J connectivity index is 1.87. The molecule has 2 aromatic carbocycles. The summed E-state index contributed by atoms with van der Waals surface area (Å²) in [6, 6.07) is 8.72. The number of non-ortho nitro benzene ring substituents is 1. The van der Waals surface area contributed by atoms with E-state index in [0.717, 1.165) is 36.0 Å². The normalized spacial score (nSPS) is 15.3. The molecule has 1 aliphatic rings. The largest absolute Gasteiger partial charge is 0.493 e. The number of thioether (sulfide) groups is 1. The zero-order valence-corrected chi connectivity index (χ0v) is 17.1. The molecular weight excluding hydrogens is 440 g/mol. The van der Waals surface area contributed by atoms with Gasteiger partial charge in [-0.05, 0) is 35.9 Å². The smallest absolute Gasteiger partial charge is 0.339 e. The lowest BCUT2D eigenvalue weighted by atomic mass is 10.2. The third kappa shape index (κ3) is 4.72. The molecule has 0 radical (unpaired) electrons. The predicted octanol–water partition coefficient (Wildman–Crippen LogP) is 2.86. The Hall–Kier alpha value is -2.96. The van der Waals surface area contributed by atoms with E-state index in [0.29, 0.717) is 14.8 Å². The van der Waals surface area contributed by atoms with Crippen molar-refractivity contribution in [2.75, 3.05) is 7.11 Å². The van der Waals surface area contributed by atoms with E-state index in [9.17, 15) is 23.3 Å². The maximum atomic E-state index is 12.5. The quantitative estimate of drug-likeness (QED) is 0.231. The first-order valence-electron chi connectivity index (χ1n) is 7.81. The van der Waals surface area contributed by atoms with E-state index in [1.807, 2.05) is 0 Å². The van der Waals surface area contributed by atoms with Crippen LogP contribution in [0.3, 0.4) is 0 Å². The maximum Gasteiger partial charge on any atom is 0.339 e. The third-order valence-corrected chi connectivity index (χ3v) is 6.07. The standard InChI is InChI=1S/C17H12N2O7S3/c1-25-14-8-10(9-15-16(20)18-17(27)28-15)2-7-13(14)26-29(23,24)12-5-3-11(4-6-12)19(21)22/h2-9H,1H3,(H,18,20,27)/b15-9-. The molecule has 3 rings (SSSR count). The molecule has 0 spiro atoms. The van der Waals surface area contributed by atoms with Crippen LogP contribution < -0.4 is 14.2 Å². The Bertz CT molecular complexity index is 1140. The fourth-order valence-corrected chi connectivity index (χ4v) is 4.30. The van der Waals surface area contributed by atoms with Crippen molar-refractivity contribution in [3.63, 3.8) is 0 Å². The Morgan fingerprint density at radius 1 is 1.17 bits per heavy atom. The fourth-order valence-electron chi connectivity index (χ4n) is 2.32. The topological polar surface area (TPSA) is 125 Å². The van der Waals surface area contributed by atoms with E-state index in [-0.39, 0.29) is 28.0 Å². The summed E-state index contributed by atoms with van der Waals surface area (Å²) in [5.74, 6) is -0.275. The summed E-state index contributed by atoms with van der Waals surface area (Å²) in [5, 5.41) is 13.2. The Morgan fingerprint density at radius 2 is 1.86 bits per heavy atom. The van der Waals surface area contributed by atoms with Crippen molar-refractivity contribution in [1.82, 2.24) is 5.32 Å². The van der Waals surface area contributed by atoms with Crippen molar-refractivity contribution in [2.24, 2.45) is 0 Å². The van der Waals surface area contributed by atoms with Crippen molar-refractivity contribution >= 4 is 56.1 Å². The lowest BCUT2D eigenvalue weighted by Crippen LogP contribution is -2.17. The molecule has 1 saturated heterocycles. The monoisotopic (exact) mass is 452 g/mol. The van der Waals surface area contributed by atoms with Crippen LogP contribution in [0.2, 0.25) is 0 Å². The van der Waals surface area contributed by atoms with Crippen molar-refractivity contribution in [3.8, 4) is 11.5 Å². The molecule has 0 aliphatic carbocycles. The zero-order chi connectivity index (χ0) is 21.2. The molecule has 1 fully saturated rings. The van der Waals surface area contributed by atoms with Gasteiger partial charge in [-0.25, -0.2) is 0 Å². The molecule has 1 aliphatic heterocycles. The zero-order valence-electron chi connectivity index (χ0n) is 14.6. The van der Waals surface area contributed by atoms with Gasteiger partial charge in [-0.2, -0.15) is 8.42 Å². The van der Waals surface area contributed by atoms with Gasteiger partial charge in [-0.1, -0.05) is 30.0 Å². The molecule has 2 aromatic rings. The Labute approximate surface area is 175 Å². The number of amides is 1. The number of hydrogen-bond donors (Lipinski definition) is 1. The number of methoxy groups -OCH3 is 1. The minimum absolute atomic E-state index is 0.0768. The highest BCUT2D eigenvalue weighted by Gasteiger charge is 2.23. The number of carbonyl (C=O) groups is 1. The molecule has 1 amide bonds. The second kappa shape index (κ2) is 8.19. The molecule has 1 heterocycles. The summed E-state index contributed by atoms with van der Waals surface area (Å²) in [7, 11) is -2.91. The van der Waals surface area contributed by atoms with Crippen molar-refractivity contribution in [1.29, 1.82) is 0 Å². The predicted molar refractivity (Wildman–Crippen MR) is 110 cm³/mol. The van der Waals surface area contributed by atoms with E-state index in [1.165, 1.54) is 19.2 Å². The molecule has 150 valence electrons. The van der Waals surface area contributed by atoms with Gasteiger partial charge in [-0.3, -0.25) is 14.9 Å².